The zero-order chi connectivity index (χ0) is 25.2. The van der Waals surface area contributed by atoms with Crippen LogP contribution >= 0.6 is 0 Å². The van der Waals surface area contributed by atoms with Crippen LogP contribution in [0.3, 0.4) is 0 Å². The van der Waals surface area contributed by atoms with Crippen LogP contribution in [0.5, 0.6) is 23.0 Å². The second-order valence-electron chi connectivity index (χ2n) is 9.40. The Morgan fingerprint density at radius 1 is 0.694 bits per heavy atom. The standard InChI is InChI=1S/C31H28O5/c32-24-8-1-19(2-9-24)15-23-18-22-7-14-29(35)27(16-20-3-10-25(33)11-4-20)30(22)28(31(23)36)17-21-5-12-26(34)13-6-21/h1,3-14,18-19,32-36H,2,15-17H2. The lowest BCUT2D eigenvalue weighted by atomic mass is 9.85. The lowest BCUT2D eigenvalue weighted by Gasteiger charge is -2.20. The summed E-state index contributed by atoms with van der Waals surface area (Å²) in [6, 6.07) is 19.3. The van der Waals surface area contributed by atoms with Gasteiger partial charge in [-0.2, -0.15) is 0 Å². The smallest absolute Gasteiger partial charge is 0.122 e. The van der Waals surface area contributed by atoms with Gasteiger partial charge < -0.3 is 25.5 Å². The molecule has 0 bridgehead atoms. The third-order valence-electron chi connectivity index (χ3n) is 6.83. The van der Waals surface area contributed by atoms with Gasteiger partial charge >= 0.3 is 0 Å². The van der Waals surface area contributed by atoms with E-state index in [4.69, 9.17) is 0 Å². The number of rotatable bonds is 6. The molecule has 5 nitrogen and oxygen atoms in total. The van der Waals surface area contributed by atoms with E-state index in [-0.39, 0.29) is 34.7 Å². The molecular formula is C31H28O5. The van der Waals surface area contributed by atoms with E-state index in [1.807, 2.05) is 42.5 Å². The van der Waals surface area contributed by atoms with Crippen LogP contribution in [-0.4, -0.2) is 25.5 Å². The predicted molar refractivity (Wildman–Crippen MR) is 141 cm³/mol. The van der Waals surface area contributed by atoms with E-state index < -0.39 is 0 Å². The average molecular weight is 481 g/mol. The fraction of sp³-hybridized carbons (Fsp3) is 0.161. The van der Waals surface area contributed by atoms with Crippen molar-refractivity contribution in [1.82, 2.24) is 0 Å². The fourth-order valence-electron chi connectivity index (χ4n) is 4.93. The number of benzene rings is 4. The van der Waals surface area contributed by atoms with Gasteiger partial charge in [0.2, 0.25) is 0 Å². The molecule has 1 aliphatic carbocycles. The maximum absolute atomic E-state index is 11.6. The molecule has 4 aromatic rings. The van der Waals surface area contributed by atoms with Crippen LogP contribution in [0, 0.1) is 5.92 Å². The number of aliphatic hydroxyl groups excluding tert-OH is 1. The molecule has 4 aromatic carbocycles. The summed E-state index contributed by atoms with van der Waals surface area (Å²) in [6.45, 7) is 0. The predicted octanol–water partition coefficient (Wildman–Crippen LogP) is 6.40. The van der Waals surface area contributed by atoms with E-state index in [9.17, 15) is 25.5 Å². The average Bonchev–Trinajstić information content (AvgIpc) is 2.87. The van der Waals surface area contributed by atoms with Crippen LogP contribution in [0.15, 0.2) is 90.7 Å². The minimum Gasteiger partial charge on any atom is -0.508 e. The van der Waals surface area contributed by atoms with Gasteiger partial charge in [-0.05, 0) is 94.8 Å². The Morgan fingerprint density at radius 3 is 1.89 bits per heavy atom. The van der Waals surface area contributed by atoms with Gasteiger partial charge in [-0.1, -0.05) is 36.4 Å². The molecule has 0 fully saturated rings. The van der Waals surface area contributed by atoms with Crippen molar-refractivity contribution in [3.8, 4) is 23.0 Å². The van der Waals surface area contributed by atoms with Crippen molar-refractivity contribution in [2.45, 2.75) is 25.7 Å². The van der Waals surface area contributed by atoms with E-state index in [1.54, 1.807) is 42.5 Å². The molecule has 1 atom stereocenters. The molecule has 0 saturated carbocycles. The molecule has 0 saturated heterocycles. The molecule has 0 spiro atoms. The van der Waals surface area contributed by atoms with Crippen LogP contribution in [0.4, 0.5) is 0 Å². The molecule has 0 radical (unpaired) electrons. The van der Waals surface area contributed by atoms with Gasteiger partial charge in [-0.3, -0.25) is 0 Å². The number of aromatic hydroxyl groups is 4. The highest BCUT2D eigenvalue weighted by Gasteiger charge is 2.21. The zero-order valence-corrected chi connectivity index (χ0v) is 19.7. The monoisotopic (exact) mass is 480 g/mol. The number of hydrogen-bond acceptors (Lipinski definition) is 5. The van der Waals surface area contributed by atoms with Gasteiger partial charge in [0, 0.05) is 24.0 Å². The van der Waals surface area contributed by atoms with E-state index in [0.717, 1.165) is 33.0 Å². The van der Waals surface area contributed by atoms with Crippen molar-refractivity contribution in [1.29, 1.82) is 0 Å². The molecule has 0 heterocycles. The molecule has 1 unspecified atom stereocenters. The number of fused-ring (bicyclic) bond motifs is 1. The first-order chi connectivity index (χ1) is 17.4. The van der Waals surface area contributed by atoms with Crippen molar-refractivity contribution in [3.63, 3.8) is 0 Å². The lowest BCUT2D eigenvalue weighted by Crippen LogP contribution is -2.06. The number of phenolic OH excluding ortho intramolecular Hbond substituents is 4. The quantitative estimate of drug-likeness (QED) is 0.220. The topological polar surface area (TPSA) is 101 Å². The Morgan fingerprint density at radius 2 is 1.31 bits per heavy atom. The summed E-state index contributed by atoms with van der Waals surface area (Å²) in [7, 11) is 0. The van der Waals surface area contributed by atoms with Crippen LogP contribution < -0.4 is 0 Å². The molecular weight excluding hydrogens is 452 g/mol. The summed E-state index contributed by atoms with van der Waals surface area (Å²) in [5.41, 5.74) is 4.08. The maximum atomic E-state index is 11.6. The van der Waals surface area contributed by atoms with Gasteiger partial charge in [0.25, 0.3) is 0 Å². The third kappa shape index (κ3) is 4.86. The first kappa shape index (κ1) is 23.4. The lowest BCUT2D eigenvalue weighted by molar-refractivity contribution is 0.419. The molecule has 0 aliphatic heterocycles. The van der Waals surface area contributed by atoms with Crippen LogP contribution in [0.1, 0.15) is 34.2 Å². The minimum atomic E-state index is 0.144. The number of aliphatic hydroxyl groups is 1. The van der Waals surface area contributed by atoms with Gasteiger partial charge in [-0.15, -0.1) is 0 Å². The second-order valence-corrected chi connectivity index (χ2v) is 9.40. The highest BCUT2D eigenvalue weighted by atomic mass is 16.3. The third-order valence-corrected chi connectivity index (χ3v) is 6.83. The first-order valence-corrected chi connectivity index (χ1v) is 12.0. The molecule has 182 valence electrons. The van der Waals surface area contributed by atoms with Crippen molar-refractivity contribution >= 4 is 10.8 Å². The second kappa shape index (κ2) is 9.70. The van der Waals surface area contributed by atoms with Crippen molar-refractivity contribution in [3.05, 3.63) is 119 Å². The van der Waals surface area contributed by atoms with E-state index in [1.165, 1.54) is 0 Å². The summed E-state index contributed by atoms with van der Waals surface area (Å²) in [5, 5.41) is 53.2. The number of hydrogen-bond donors (Lipinski definition) is 5. The molecule has 36 heavy (non-hydrogen) atoms. The molecule has 0 aromatic heterocycles. The first-order valence-electron chi connectivity index (χ1n) is 12.0. The Bertz CT molecular complexity index is 1460. The van der Waals surface area contributed by atoms with Gasteiger partial charge in [-0.25, -0.2) is 0 Å². The van der Waals surface area contributed by atoms with Crippen LogP contribution in [-0.2, 0) is 19.3 Å². The highest BCUT2D eigenvalue weighted by molar-refractivity contribution is 5.94. The van der Waals surface area contributed by atoms with Crippen LogP contribution in [0.25, 0.3) is 10.8 Å². The van der Waals surface area contributed by atoms with E-state index in [2.05, 4.69) is 0 Å². The number of phenols is 4. The van der Waals surface area contributed by atoms with Crippen molar-refractivity contribution < 1.29 is 25.5 Å². The maximum Gasteiger partial charge on any atom is 0.122 e. The van der Waals surface area contributed by atoms with E-state index in [0.29, 0.717) is 31.2 Å². The largest absolute Gasteiger partial charge is 0.508 e. The Kier molecular flexibility index (Phi) is 6.30. The molecule has 5 N–H and O–H groups in total. The summed E-state index contributed by atoms with van der Waals surface area (Å²) < 4.78 is 0. The normalized spacial score (nSPS) is 15.2. The van der Waals surface area contributed by atoms with E-state index >= 15 is 0 Å². The summed E-state index contributed by atoms with van der Waals surface area (Å²) in [4.78, 5) is 0. The molecule has 0 amide bonds. The highest BCUT2D eigenvalue weighted by Crippen LogP contribution is 2.40. The zero-order valence-electron chi connectivity index (χ0n) is 19.7. The summed E-state index contributed by atoms with van der Waals surface area (Å²) >= 11 is 0. The van der Waals surface area contributed by atoms with Gasteiger partial charge in [0.05, 0.1) is 0 Å². The number of allylic oxidation sites excluding steroid dienone is 3. The van der Waals surface area contributed by atoms with Crippen molar-refractivity contribution in [2.24, 2.45) is 5.92 Å². The minimum absolute atomic E-state index is 0.144. The van der Waals surface area contributed by atoms with Crippen molar-refractivity contribution in [2.75, 3.05) is 0 Å². The Balaban J connectivity index is 1.65. The SMILES string of the molecule is OC1=CCC(Cc2cc3ccc(O)c(Cc4ccc(O)cc4)c3c(Cc3ccc(O)cc3)c2O)C=C1. The molecule has 5 heteroatoms. The Hall–Kier alpha value is -4.38. The van der Waals surface area contributed by atoms with Crippen LogP contribution in [0.2, 0.25) is 0 Å². The Labute approximate surface area is 209 Å². The fourth-order valence-corrected chi connectivity index (χ4v) is 4.93. The summed E-state index contributed by atoms with van der Waals surface area (Å²) in [5.74, 6) is 1.10. The summed E-state index contributed by atoms with van der Waals surface area (Å²) in [6.07, 6.45) is 7.59. The molecule has 1 aliphatic rings. The van der Waals surface area contributed by atoms with Gasteiger partial charge in [0.15, 0.2) is 0 Å². The molecule has 5 rings (SSSR count). The van der Waals surface area contributed by atoms with Gasteiger partial charge in [0.1, 0.15) is 28.8 Å².